The van der Waals surface area contributed by atoms with E-state index in [1.165, 1.54) is 24.8 Å². The fourth-order valence-corrected chi connectivity index (χ4v) is 2.28. The van der Waals surface area contributed by atoms with Crippen LogP contribution in [0.1, 0.15) is 26.4 Å². The zero-order valence-electron chi connectivity index (χ0n) is 13.9. The maximum Gasteiger partial charge on any atom is 0.343 e. The average Bonchev–Trinajstić information content (AvgIpc) is 2.70. The predicted octanol–water partition coefficient (Wildman–Crippen LogP) is 3.22. The van der Waals surface area contributed by atoms with Crippen molar-refractivity contribution in [3.8, 4) is 5.75 Å². The van der Waals surface area contributed by atoms with E-state index in [9.17, 15) is 9.59 Å². The summed E-state index contributed by atoms with van der Waals surface area (Å²) >= 11 is 3.31. The molecular weight excluding hydrogens is 412 g/mol. The summed E-state index contributed by atoms with van der Waals surface area (Å²) in [7, 11) is 0. The number of carbonyl (C=O) groups excluding carboxylic acids is 2. The SMILES string of the molecule is O=C(Oc1ccc(/C=N\NC(=O)c2cnccn2)cc1)c1ccc(Br)cc1. The largest absolute Gasteiger partial charge is 0.423 e. The van der Waals surface area contributed by atoms with Gasteiger partial charge in [-0.1, -0.05) is 15.9 Å². The van der Waals surface area contributed by atoms with E-state index in [2.05, 4.69) is 36.4 Å². The van der Waals surface area contributed by atoms with E-state index in [1.54, 1.807) is 48.5 Å². The Morgan fingerprint density at radius 3 is 2.44 bits per heavy atom. The van der Waals surface area contributed by atoms with Gasteiger partial charge in [0.1, 0.15) is 11.4 Å². The molecule has 2 aromatic carbocycles. The maximum absolute atomic E-state index is 12.1. The number of carbonyl (C=O) groups is 2. The van der Waals surface area contributed by atoms with Crippen molar-refractivity contribution in [2.24, 2.45) is 5.10 Å². The van der Waals surface area contributed by atoms with Gasteiger partial charge in [0.2, 0.25) is 0 Å². The molecular formula is C19H13BrN4O3. The first-order valence-electron chi connectivity index (χ1n) is 7.79. The molecule has 0 aliphatic heterocycles. The molecule has 0 saturated heterocycles. The number of halogens is 1. The summed E-state index contributed by atoms with van der Waals surface area (Å²) in [5, 5.41) is 3.86. The summed E-state index contributed by atoms with van der Waals surface area (Å²) in [5.41, 5.74) is 3.70. The van der Waals surface area contributed by atoms with Crippen LogP contribution in [0.15, 0.2) is 76.7 Å². The monoisotopic (exact) mass is 424 g/mol. The van der Waals surface area contributed by atoms with Crippen molar-refractivity contribution in [2.75, 3.05) is 0 Å². The van der Waals surface area contributed by atoms with Gasteiger partial charge in [0.25, 0.3) is 5.91 Å². The van der Waals surface area contributed by atoms with E-state index in [4.69, 9.17) is 4.74 Å². The lowest BCUT2D eigenvalue weighted by Crippen LogP contribution is -2.19. The summed E-state index contributed by atoms with van der Waals surface area (Å²) in [4.78, 5) is 31.5. The molecule has 27 heavy (non-hydrogen) atoms. The molecule has 1 aromatic heterocycles. The number of nitrogens with one attached hydrogen (secondary N) is 1. The van der Waals surface area contributed by atoms with Crippen molar-refractivity contribution < 1.29 is 14.3 Å². The second-order valence-corrected chi connectivity index (χ2v) is 6.17. The molecule has 0 spiro atoms. The smallest absolute Gasteiger partial charge is 0.343 e. The third-order valence-electron chi connectivity index (χ3n) is 3.35. The van der Waals surface area contributed by atoms with Gasteiger partial charge >= 0.3 is 5.97 Å². The number of benzene rings is 2. The predicted molar refractivity (Wildman–Crippen MR) is 103 cm³/mol. The first-order valence-corrected chi connectivity index (χ1v) is 8.58. The van der Waals surface area contributed by atoms with Gasteiger partial charge in [-0.05, 0) is 54.1 Å². The van der Waals surface area contributed by atoms with E-state index in [0.717, 1.165) is 10.0 Å². The molecule has 8 heteroatoms. The highest BCUT2D eigenvalue weighted by molar-refractivity contribution is 9.10. The summed E-state index contributed by atoms with van der Waals surface area (Å²) in [6.07, 6.45) is 5.71. The first kappa shape index (κ1) is 18.4. The van der Waals surface area contributed by atoms with Gasteiger partial charge in [-0.25, -0.2) is 15.2 Å². The standard InChI is InChI=1S/C19H13BrN4O3/c20-15-5-3-14(4-6-15)19(26)27-16-7-1-13(2-8-16)11-23-24-18(25)17-12-21-9-10-22-17/h1-12H,(H,24,25)/b23-11-. The van der Waals surface area contributed by atoms with Crippen LogP contribution in [-0.4, -0.2) is 28.1 Å². The number of aromatic nitrogens is 2. The van der Waals surface area contributed by atoms with Gasteiger partial charge in [-0.15, -0.1) is 0 Å². The molecule has 0 aliphatic carbocycles. The van der Waals surface area contributed by atoms with Crippen molar-refractivity contribution >= 4 is 34.0 Å². The van der Waals surface area contributed by atoms with Crippen LogP contribution in [0.4, 0.5) is 0 Å². The van der Waals surface area contributed by atoms with Crippen LogP contribution < -0.4 is 10.2 Å². The van der Waals surface area contributed by atoms with E-state index >= 15 is 0 Å². The molecule has 134 valence electrons. The molecule has 1 N–H and O–H groups in total. The van der Waals surface area contributed by atoms with Gasteiger partial charge in [0, 0.05) is 16.9 Å². The number of nitrogens with zero attached hydrogens (tertiary/aromatic N) is 3. The molecule has 0 bridgehead atoms. The molecule has 1 heterocycles. The normalized spacial score (nSPS) is 10.6. The van der Waals surface area contributed by atoms with Crippen molar-refractivity contribution in [1.82, 2.24) is 15.4 Å². The molecule has 1 amide bonds. The van der Waals surface area contributed by atoms with Gasteiger partial charge in [-0.3, -0.25) is 9.78 Å². The lowest BCUT2D eigenvalue weighted by Gasteiger charge is -2.04. The zero-order valence-corrected chi connectivity index (χ0v) is 15.5. The number of amides is 1. The molecule has 0 saturated carbocycles. The highest BCUT2D eigenvalue weighted by atomic mass is 79.9. The zero-order chi connectivity index (χ0) is 19.1. The van der Waals surface area contributed by atoms with Gasteiger partial charge in [0.05, 0.1) is 18.0 Å². The Morgan fingerprint density at radius 2 is 1.78 bits per heavy atom. The highest BCUT2D eigenvalue weighted by Gasteiger charge is 2.08. The lowest BCUT2D eigenvalue weighted by atomic mass is 10.2. The summed E-state index contributed by atoms with van der Waals surface area (Å²) in [5.74, 6) is -0.497. The molecule has 3 rings (SSSR count). The second kappa shape index (κ2) is 8.81. The minimum atomic E-state index is -0.459. The molecule has 0 unspecified atom stereocenters. The number of ether oxygens (including phenoxy) is 1. The van der Waals surface area contributed by atoms with Crippen LogP contribution in [0.2, 0.25) is 0 Å². The first-order chi connectivity index (χ1) is 13.1. The van der Waals surface area contributed by atoms with E-state index < -0.39 is 11.9 Å². The summed E-state index contributed by atoms with van der Waals surface area (Å²) < 4.78 is 6.20. The van der Waals surface area contributed by atoms with Crippen LogP contribution in [-0.2, 0) is 0 Å². The van der Waals surface area contributed by atoms with Gasteiger partial charge in [0.15, 0.2) is 0 Å². The van der Waals surface area contributed by atoms with E-state index in [1.807, 2.05) is 0 Å². The third kappa shape index (κ3) is 5.29. The minimum Gasteiger partial charge on any atom is -0.423 e. The van der Waals surface area contributed by atoms with Crippen molar-refractivity contribution in [1.29, 1.82) is 0 Å². The Morgan fingerprint density at radius 1 is 1.04 bits per heavy atom. The van der Waals surface area contributed by atoms with Crippen LogP contribution >= 0.6 is 15.9 Å². The van der Waals surface area contributed by atoms with E-state index in [0.29, 0.717) is 11.3 Å². The van der Waals surface area contributed by atoms with Crippen LogP contribution in [0.3, 0.4) is 0 Å². The van der Waals surface area contributed by atoms with Crippen molar-refractivity contribution in [2.45, 2.75) is 0 Å². The Balaban J connectivity index is 1.56. The van der Waals surface area contributed by atoms with Crippen LogP contribution in [0.25, 0.3) is 0 Å². The average molecular weight is 425 g/mol. The number of esters is 1. The quantitative estimate of drug-likeness (QED) is 0.293. The fraction of sp³-hybridized carbons (Fsp3) is 0. The van der Waals surface area contributed by atoms with Crippen LogP contribution in [0, 0.1) is 0 Å². The number of rotatable bonds is 5. The minimum absolute atomic E-state index is 0.171. The lowest BCUT2D eigenvalue weighted by molar-refractivity contribution is 0.0734. The number of hydrogen-bond acceptors (Lipinski definition) is 6. The molecule has 0 radical (unpaired) electrons. The Bertz CT molecular complexity index is 959. The molecule has 0 aliphatic rings. The Labute approximate surface area is 163 Å². The van der Waals surface area contributed by atoms with Gasteiger partial charge in [-0.2, -0.15) is 5.10 Å². The topological polar surface area (TPSA) is 93.5 Å². The number of hydrazone groups is 1. The Hall–Kier alpha value is -3.39. The summed E-state index contributed by atoms with van der Waals surface area (Å²) in [6, 6.07) is 13.6. The summed E-state index contributed by atoms with van der Waals surface area (Å²) in [6.45, 7) is 0. The van der Waals surface area contributed by atoms with Gasteiger partial charge < -0.3 is 4.74 Å². The third-order valence-corrected chi connectivity index (χ3v) is 3.87. The Kier molecular flexibility index (Phi) is 6.01. The second-order valence-electron chi connectivity index (χ2n) is 5.26. The highest BCUT2D eigenvalue weighted by Crippen LogP contribution is 2.15. The molecule has 3 aromatic rings. The van der Waals surface area contributed by atoms with Crippen molar-refractivity contribution in [3.05, 3.63) is 88.4 Å². The maximum atomic E-state index is 12.1. The fourth-order valence-electron chi connectivity index (χ4n) is 2.01. The molecule has 0 fully saturated rings. The number of hydrogen-bond donors (Lipinski definition) is 1. The van der Waals surface area contributed by atoms with E-state index in [-0.39, 0.29) is 5.69 Å². The van der Waals surface area contributed by atoms with Crippen molar-refractivity contribution in [3.63, 3.8) is 0 Å². The van der Waals surface area contributed by atoms with Crippen LogP contribution in [0.5, 0.6) is 5.75 Å². The molecule has 0 atom stereocenters. The molecule has 7 nitrogen and oxygen atoms in total.